The molecule has 0 spiro atoms. The Morgan fingerprint density at radius 1 is 0.800 bits per heavy atom. The molecule has 0 bridgehead atoms. The van der Waals surface area contributed by atoms with E-state index in [2.05, 4.69) is 6.92 Å². The second-order valence-corrected chi connectivity index (χ2v) is 12.6. The molecule has 4 nitrogen and oxygen atoms in total. The van der Waals surface area contributed by atoms with Gasteiger partial charge in [0.05, 0.1) is 24.2 Å². The summed E-state index contributed by atoms with van der Waals surface area (Å²) in [7, 11) is 0. The standard InChI is InChI=1S/C31H46F3NO3S2/c1-2-3-4-5-6-7-8-9-10-11-12-13-14-15-16-19-22-38-30(39)40-25(23-31(32,33)34)24-35-28(36)26-20-17-18-21-27(26)29(35)37/h17-18,20-21,25H,2-16,19,22-24H2,1H3. The number of imide groups is 1. The van der Waals surface area contributed by atoms with Gasteiger partial charge in [-0.3, -0.25) is 14.5 Å². The molecule has 1 aliphatic rings. The first-order valence-corrected chi connectivity index (χ1v) is 16.4. The summed E-state index contributed by atoms with van der Waals surface area (Å²) in [6.07, 6.45) is 14.5. The highest BCUT2D eigenvalue weighted by Crippen LogP contribution is 2.32. The highest BCUT2D eigenvalue weighted by Gasteiger charge is 2.40. The largest absolute Gasteiger partial charge is 0.479 e. The van der Waals surface area contributed by atoms with E-state index in [0.29, 0.717) is 6.61 Å². The van der Waals surface area contributed by atoms with Gasteiger partial charge in [-0.1, -0.05) is 127 Å². The lowest BCUT2D eigenvalue weighted by Gasteiger charge is -2.23. The topological polar surface area (TPSA) is 46.6 Å². The third-order valence-electron chi connectivity index (χ3n) is 7.20. The Kier molecular flexibility index (Phi) is 16.9. The second kappa shape index (κ2) is 19.5. The van der Waals surface area contributed by atoms with Gasteiger partial charge in [0.1, 0.15) is 0 Å². The number of thiocarbonyl (C=S) groups is 1. The lowest BCUT2D eigenvalue weighted by molar-refractivity contribution is -0.134. The first-order valence-electron chi connectivity index (χ1n) is 15.1. The summed E-state index contributed by atoms with van der Waals surface area (Å²) in [6.45, 7) is 2.23. The van der Waals surface area contributed by atoms with Crippen molar-refractivity contribution in [2.24, 2.45) is 0 Å². The quantitative estimate of drug-likeness (QED) is 0.0797. The number of nitrogens with zero attached hydrogens (tertiary/aromatic N) is 1. The summed E-state index contributed by atoms with van der Waals surface area (Å²) >= 11 is 5.96. The average molecular weight is 602 g/mol. The van der Waals surface area contributed by atoms with Crippen molar-refractivity contribution in [1.82, 2.24) is 4.90 Å². The zero-order valence-electron chi connectivity index (χ0n) is 23.9. The summed E-state index contributed by atoms with van der Waals surface area (Å²) in [5.74, 6) is -1.15. The van der Waals surface area contributed by atoms with E-state index in [4.69, 9.17) is 17.0 Å². The third-order valence-corrected chi connectivity index (χ3v) is 8.57. The van der Waals surface area contributed by atoms with Crippen molar-refractivity contribution in [3.05, 3.63) is 35.4 Å². The predicted octanol–water partition coefficient (Wildman–Crippen LogP) is 9.90. The molecule has 1 heterocycles. The number of fused-ring (bicyclic) bond motifs is 1. The van der Waals surface area contributed by atoms with Gasteiger partial charge in [-0.25, -0.2) is 0 Å². The number of benzene rings is 1. The van der Waals surface area contributed by atoms with Crippen LogP contribution in [-0.2, 0) is 4.74 Å². The molecule has 0 N–H and O–H groups in total. The van der Waals surface area contributed by atoms with Crippen LogP contribution in [0.25, 0.3) is 0 Å². The van der Waals surface area contributed by atoms with E-state index < -0.39 is 29.7 Å². The van der Waals surface area contributed by atoms with Crippen LogP contribution in [0.1, 0.15) is 137 Å². The van der Waals surface area contributed by atoms with Crippen molar-refractivity contribution in [3.8, 4) is 0 Å². The van der Waals surface area contributed by atoms with E-state index >= 15 is 0 Å². The SMILES string of the molecule is CCCCCCCCCCCCCCCCCCOC(=S)SC(CN1C(=O)c2ccccc2C1=O)CC(F)(F)F. The van der Waals surface area contributed by atoms with E-state index in [1.54, 1.807) is 12.1 Å². The van der Waals surface area contributed by atoms with Crippen LogP contribution in [0.2, 0.25) is 0 Å². The van der Waals surface area contributed by atoms with Crippen molar-refractivity contribution in [1.29, 1.82) is 0 Å². The number of carbonyl (C=O) groups excluding carboxylic acids is 2. The second-order valence-electron chi connectivity index (χ2n) is 10.7. The zero-order chi connectivity index (χ0) is 29.2. The molecule has 0 radical (unpaired) electrons. The van der Waals surface area contributed by atoms with Gasteiger partial charge < -0.3 is 4.74 Å². The van der Waals surface area contributed by atoms with Gasteiger partial charge in [0, 0.05) is 11.8 Å². The fraction of sp³-hybridized carbons (Fsp3) is 0.710. The summed E-state index contributed by atoms with van der Waals surface area (Å²) in [4.78, 5) is 26.1. The summed E-state index contributed by atoms with van der Waals surface area (Å²) < 4.78 is 45.2. The Morgan fingerprint density at radius 2 is 1.23 bits per heavy atom. The number of ether oxygens (including phenoxy) is 1. The predicted molar refractivity (Wildman–Crippen MR) is 162 cm³/mol. The van der Waals surface area contributed by atoms with Crippen LogP contribution in [-0.4, -0.2) is 45.7 Å². The maximum absolute atomic E-state index is 13.2. The molecule has 0 aliphatic carbocycles. The van der Waals surface area contributed by atoms with E-state index in [9.17, 15) is 22.8 Å². The highest BCUT2D eigenvalue weighted by molar-refractivity contribution is 8.23. The van der Waals surface area contributed by atoms with Crippen molar-refractivity contribution in [3.63, 3.8) is 0 Å². The average Bonchev–Trinajstić information content (AvgIpc) is 3.14. The van der Waals surface area contributed by atoms with Crippen LogP contribution in [0.3, 0.4) is 0 Å². The number of amides is 2. The number of unbranched alkanes of at least 4 members (excludes halogenated alkanes) is 15. The molecule has 2 rings (SSSR count). The molecule has 0 saturated carbocycles. The number of carbonyl (C=O) groups is 2. The lowest BCUT2D eigenvalue weighted by Crippen LogP contribution is -2.38. The van der Waals surface area contributed by atoms with Gasteiger partial charge in [0.25, 0.3) is 11.8 Å². The molecule has 1 unspecified atom stereocenters. The number of thioether (sulfide) groups is 1. The van der Waals surface area contributed by atoms with E-state index in [-0.39, 0.29) is 22.1 Å². The third kappa shape index (κ3) is 13.8. The van der Waals surface area contributed by atoms with Crippen LogP contribution in [0.15, 0.2) is 24.3 Å². The van der Waals surface area contributed by atoms with Crippen molar-refractivity contribution in [2.75, 3.05) is 13.2 Å². The van der Waals surface area contributed by atoms with Gasteiger partial charge >= 0.3 is 6.18 Å². The number of alkyl halides is 3. The van der Waals surface area contributed by atoms with Gasteiger partial charge in [-0.2, -0.15) is 13.2 Å². The van der Waals surface area contributed by atoms with Gasteiger partial charge in [-0.05, 0) is 30.8 Å². The molecule has 0 fully saturated rings. The zero-order valence-corrected chi connectivity index (χ0v) is 25.6. The number of rotatable bonds is 21. The number of hydrogen-bond acceptors (Lipinski definition) is 5. The maximum atomic E-state index is 13.2. The Morgan fingerprint density at radius 3 is 1.65 bits per heavy atom. The van der Waals surface area contributed by atoms with Crippen molar-refractivity contribution < 1.29 is 27.5 Å². The van der Waals surface area contributed by atoms with E-state index in [1.807, 2.05) is 0 Å². The van der Waals surface area contributed by atoms with Gasteiger partial charge in [0.15, 0.2) is 0 Å². The Bertz CT molecular complexity index is 875. The smallest absolute Gasteiger partial charge is 0.390 e. The Balaban J connectivity index is 1.54. The van der Waals surface area contributed by atoms with Crippen molar-refractivity contribution >= 4 is 40.2 Å². The summed E-state index contributed by atoms with van der Waals surface area (Å²) in [6, 6.07) is 6.26. The summed E-state index contributed by atoms with van der Waals surface area (Å²) in [5.41, 5.74) is 0.427. The molecule has 1 atom stereocenters. The van der Waals surface area contributed by atoms with Gasteiger partial charge in [-0.15, -0.1) is 0 Å². The lowest BCUT2D eigenvalue weighted by atomic mass is 10.0. The maximum Gasteiger partial charge on any atom is 0.390 e. The van der Waals surface area contributed by atoms with Crippen molar-refractivity contribution in [2.45, 2.75) is 128 Å². The number of halogens is 3. The number of hydrogen-bond donors (Lipinski definition) is 0. The van der Waals surface area contributed by atoms with Crippen LogP contribution in [0.5, 0.6) is 0 Å². The van der Waals surface area contributed by atoms with Crippen LogP contribution in [0, 0.1) is 0 Å². The molecule has 40 heavy (non-hydrogen) atoms. The normalized spacial score (nSPS) is 14.1. The van der Waals surface area contributed by atoms with Crippen LogP contribution < -0.4 is 0 Å². The Hall–Kier alpha value is -1.61. The molecule has 1 aromatic rings. The molecule has 1 aliphatic heterocycles. The van der Waals surface area contributed by atoms with Gasteiger partial charge in [0.2, 0.25) is 4.38 Å². The minimum atomic E-state index is -4.46. The fourth-order valence-corrected chi connectivity index (χ4v) is 6.40. The molecular formula is C31H46F3NO3S2. The Labute approximate surface area is 248 Å². The molecular weight excluding hydrogens is 555 g/mol. The molecule has 1 aromatic carbocycles. The van der Waals surface area contributed by atoms with Crippen LogP contribution in [0.4, 0.5) is 13.2 Å². The van der Waals surface area contributed by atoms with E-state index in [1.165, 1.54) is 95.6 Å². The monoisotopic (exact) mass is 601 g/mol. The molecule has 9 heteroatoms. The fourth-order valence-electron chi connectivity index (χ4n) is 4.99. The van der Waals surface area contributed by atoms with Crippen LogP contribution >= 0.6 is 24.0 Å². The highest BCUT2D eigenvalue weighted by atomic mass is 32.2. The molecule has 0 aromatic heterocycles. The minimum absolute atomic E-state index is 0.0202. The molecule has 2 amide bonds. The molecule has 0 saturated heterocycles. The molecule has 226 valence electrons. The first kappa shape index (κ1) is 34.6. The van der Waals surface area contributed by atoms with E-state index in [0.717, 1.165) is 35.9 Å². The minimum Gasteiger partial charge on any atom is -0.479 e. The summed E-state index contributed by atoms with van der Waals surface area (Å²) in [5, 5.41) is -1.12. The first-order chi connectivity index (χ1) is 19.2.